The van der Waals surface area contributed by atoms with Gasteiger partial charge in [-0.2, -0.15) is 0 Å². The van der Waals surface area contributed by atoms with Gasteiger partial charge in [0.1, 0.15) is 17.5 Å². The topological polar surface area (TPSA) is 71.0 Å². The monoisotopic (exact) mass is 323 g/mol. The summed E-state index contributed by atoms with van der Waals surface area (Å²) in [5.74, 6) is 2.41. The molecule has 124 valence electrons. The zero-order valence-electron chi connectivity index (χ0n) is 14.0. The molecule has 0 bridgehead atoms. The van der Waals surface area contributed by atoms with E-state index in [2.05, 4.69) is 26.8 Å². The Morgan fingerprint density at radius 1 is 1.33 bits per heavy atom. The Labute approximate surface area is 141 Å². The van der Waals surface area contributed by atoms with Gasteiger partial charge in [0.05, 0.1) is 5.69 Å². The van der Waals surface area contributed by atoms with Crippen LogP contribution in [0.3, 0.4) is 0 Å². The van der Waals surface area contributed by atoms with E-state index in [1.807, 2.05) is 36.1 Å². The molecule has 1 amide bonds. The van der Waals surface area contributed by atoms with E-state index >= 15 is 0 Å². The van der Waals surface area contributed by atoms with Gasteiger partial charge >= 0.3 is 0 Å². The zero-order chi connectivity index (χ0) is 17.1. The Hall–Kier alpha value is -2.76. The molecule has 3 rings (SSSR count). The van der Waals surface area contributed by atoms with Crippen molar-refractivity contribution in [3.05, 3.63) is 54.1 Å². The minimum atomic E-state index is 0.0233. The highest BCUT2D eigenvalue weighted by atomic mass is 16.2. The van der Waals surface area contributed by atoms with E-state index in [0.29, 0.717) is 17.9 Å². The predicted octanol–water partition coefficient (Wildman–Crippen LogP) is 2.82. The summed E-state index contributed by atoms with van der Waals surface area (Å²) in [5.41, 5.74) is 1.53. The molecule has 6 nitrogen and oxygen atoms in total. The largest absolute Gasteiger partial charge is 0.338 e. The molecule has 3 heterocycles. The number of carbonyl (C=O) groups is 1. The Kier molecular flexibility index (Phi) is 4.55. The van der Waals surface area contributed by atoms with Gasteiger partial charge in [0.15, 0.2) is 0 Å². The van der Waals surface area contributed by atoms with Gasteiger partial charge < -0.3 is 10.2 Å². The molecule has 1 N–H and O–H groups in total. The molecule has 1 fully saturated rings. The normalized spacial score (nSPS) is 16.9. The summed E-state index contributed by atoms with van der Waals surface area (Å²) in [5, 5.41) is 3.20. The molecule has 0 radical (unpaired) electrons. The summed E-state index contributed by atoms with van der Waals surface area (Å²) in [6.07, 6.45) is 2.63. The molecule has 0 aromatic carbocycles. The number of carbonyl (C=O) groups excluding carboxylic acids is 1. The number of pyridine rings is 1. The highest BCUT2D eigenvalue weighted by Crippen LogP contribution is 2.28. The quantitative estimate of drug-likeness (QED) is 0.876. The lowest BCUT2D eigenvalue weighted by Crippen LogP contribution is -2.28. The average molecular weight is 323 g/mol. The van der Waals surface area contributed by atoms with Crippen molar-refractivity contribution >= 4 is 17.5 Å². The van der Waals surface area contributed by atoms with Crippen LogP contribution in [-0.2, 0) is 4.79 Å². The number of amides is 1. The fourth-order valence-corrected chi connectivity index (χ4v) is 2.89. The van der Waals surface area contributed by atoms with Gasteiger partial charge in [-0.25, -0.2) is 15.0 Å². The smallest absolute Gasteiger partial charge is 0.248 e. The summed E-state index contributed by atoms with van der Waals surface area (Å²) in [6, 6.07) is 7.62. The third kappa shape index (κ3) is 3.59. The van der Waals surface area contributed by atoms with E-state index in [1.165, 1.54) is 0 Å². The molecule has 6 heteroatoms. The van der Waals surface area contributed by atoms with Crippen molar-refractivity contribution < 1.29 is 4.79 Å². The molecule has 0 spiro atoms. The minimum absolute atomic E-state index is 0.0233. The van der Waals surface area contributed by atoms with E-state index in [0.717, 1.165) is 30.3 Å². The van der Waals surface area contributed by atoms with Crippen molar-refractivity contribution in [2.24, 2.45) is 0 Å². The second-order valence-corrected chi connectivity index (χ2v) is 6.08. The number of nitrogens with zero attached hydrogens (tertiary/aromatic N) is 4. The van der Waals surface area contributed by atoms with Crippen LogP contribution in [0.2, 0.25) is 0 Å². The molecule has 0 aliphatic carbocycles. The Balaban J connectivity index is 1.77. The summed E-state index contributed by atoms with van der Waals surface area (Å²) in [6.45, 7) is 8.77. The summed E-state index contributed by atoms with van der Waals surface area (Å²) < 4.78 is 0. The van der Waals surface area contributed by atoms with E-state index in [9.17, 15) is 4.79 Å². The summed E-state index contributed by atoms with van der Waals surface area (Å²) >= 11 is 0. The molecular formula is C18H21N5O. The molecule has 2 aromatic heterocycles. The first-order chi connectivity index (χ1) is 11.5. The highest BCUT2D eigenvalue weighted by molar-refractivity contribution is 5.92. The second-order valence-electron chi connectivity index (χ2n) is 6.08. The maximum atomic E-state index is 12.1. The van der Waals surface area contributed by atoms with Crippen molar-refractivity contribution in [2.75, 3.05) is 18.4 Å². The second kappa shape index (κ2) is 6.78. The fraction of sp³-hybridized carbons (Fsp3) is 0.333. The fourth-order valence-electron chi connectivity index (χ4n) is 2.89. The van der Waals surface area contributed by atoms with Gasteiger partial charge in [-0.1, -0.05) is 12.6 Å². The van der Waals surface area contributed by atoms with Gasteiger partial charge in [-0.05, 0) is 32.4 Å². The van der Waals surface area contributed by atoms with E-state index in [1.54, 1.807) is 13.1 Å². The minimum Gasteiger partial charge on any atom is -0.338 e. The third-order valence-corrected chi connectivity index (χ3v) is 4.04. The lowest BCUT2D eigenvalue weighted by atomic mass is 10.0. The SMILES string of the molecule is C=C(C)C(=O)N1CCC(c2cc(Nc3ccccn3)nc(C)n2)C1. The maximum Gasteiger partial charge on any atom is 0.248 e. The number of aromatic nitrogens is 3. The molecule has 1 aliphatic heterocycles. The first kappa shape index (κ1) is 16.1. The van der Waals surface area contributed by atoms with Crippen LogP contribution in [0.5, 0.6) is 0 Å². The van der Waals surface area contributed by atoms with Gasteiger partial charge in [0, 0.05) is 36.8 Å². The molecule has 2 aromatic rings. The standard InChI is InChI=1S/C18H21N5O/c1-12(2)18(24)23-9-7-14(11-23)15-10-17(21-13(3)20-15)22-16-6-4-5-8-19-16/h4-6,8,10,14H,1,7,9,11H2,2-3H3,(H,19,20,21,22). The number of anilines is 2. The number of aryl methyl sites for hydroxylation is 1. The van der Waals surface area contributed by atoms with Crippen LogP contribution in [0.4, 0.5) is 11.6 Å². The zero-order valence-corrected chi connectivity index (χ0v) is 14.0. The van der Waals surface area contributed by atoms with Crippen molar-refractivity contribution in [3.63, 3.8) is 0 Å². The Morgan fingerprint density at radius 3 is 2.88 bits per heavy atom. The van der Waals surface area contributed by atoms with Crippen molar-refractivity contribution in [1.29, 1.82) is 0 Å². The summed E-state index contributed by atoms with van der Waals surface area (Å²) in [4.78, 5) is 27.2. The number of hydrogen-bond acceptors (Lipinski definition) is 5. The molecule has 1 saturated heterocycles. The average Bonchev–Trinajstić information content (AvgIpc) is 3.04. The predicted molar refractivity (Wildman–Crippen MR) is 93.0 cm³/mol. The number of hydrogen-bond donors (Lipinski definition) is 1. The van der Waals surface area contributed by atoms with Crippen LogP contribution in [0.15, 0.2) is 42.6 Å². The maximum absolute atomic E-state index is 12.1. The number of likely N-dealkylation sites (tertiary alicyclic amines) is 1. The van der Waals surface area contributed by atoms with Gasteiger partial charge in [0.25, 0.3) is 0 Å². The molecule has 1 aliphatic rings. The van der Waals surface area contributed by atoms with Gasteiger partial charge in [-0.3, -0.25) is 4.79 Å². The molecule has 1 atom stereocenters. The number of rotatable bonds is 4. The molecular weight excluding hydrogens is 302 g/mol. The van der Waals surface area contributed by atoms with Gasteiger partial charge in [-0.15, -0.1) is 0 Å². The van der Waals surface area contributed by atoms with E-state index in [4.69, 9.17) is 0 Å². The summed E-state index contributed by atoms with van der Waals surface area (Å²) in [7, 11) is 0. The van der Waals surface area contributed by atoms with Crippen molar-refractivity contribution in [1.82, 2.24) is 19.9 Å². The van der Waals surface area contributed by atoms with E-state index < -0.39 is 0 Å². The molecule has 1 unspecified atom stereocenters. The van der Waals surface area contributed by atoms with Crippen LogP contribution >= 0.6 is 0 Å². The van der Waals surface area contributed by atoms with E-state index in [-0.39, 0.29) is 11.8 Å². The third-order valence-electron chi connectivity index (χ3n) is 4.04. The van der Waals surface area contributed by atoms with Crippen LogP contribution in [0.25, 0.3) is 0 Å². The molecule has 24 heavy (non-hydrogen) atoms. The number of nitrogens with one attached hydrogen (secondary N) is 1. The Morgan fingerprint density at radius 2 is 2.17 bits per heavy atom. The van der Waals surface area contributed by atoms with Gasteiger partial charge in [0.2, 0.25) is 5.91 Å². The highest BCUT2D eigenvalue weighted by Gasteiger charge is 2.28. The molecule has 0 saturated carbocycles. The first-order valence-corrected chi connectivity index (χ1v) is 8.01. The van der Waals surface area contributed by atoms with Crippen LogP contribution in [-0.4, -0.2) is 38.8 Å². The van der Waals surface area contributed by atoms with Crippen LogP contribution in [0, 0.1) is 6.92 Å². The Bertz CT molecular complexity index is 759. The lowest BCUT2D eigenvalue weighted by molar-refractivity contribution is -0.126. The lowest BCUT2D eigenvalue weighted by Gasteiger charge is -2.16. The van der Waals surface area contributed by atoms with Crippen molar-refractivity contribution in [3.8, 4) is 0 Å². The first-order valence-electron chi connectivity index (χ1n) is 8.01. The van der Waals surface area contributed by atoms with Crippen LogP contribution < -0.4 is 5.32 Å². The van der Waals surface area contributed by atoms with Crippen molar-refractivity contribution in [2.45, 2.75) is 26.2 Å². The van der Waals surface area contributed by atoms with Crippen LogP contribution in [0.1, 0.15) is 30.8 Å².